The molecule has 1 aliphatic rings. The third-order valence-corrected chi connectivity index (χ3v) is 4.18. The highest BCUT2D eigenvalue weighted by molar-refractivity contribution is 5.96. The number of ether oxygens (including phenoxy) is 2. The summed E-state index contributed by atoms with van der Waals surface area (Å²) >= 11 is 0. The molecule has 1 atom stereocenters. The monoisotopic (exact) mass is 341 g/mol. The Kier molecular flexibility index (Phi) is 4.79. The number of hydrogen-bond donors (Lipinski definition) is 0. The predicted molar refractivity (Wildman–Crippen MR) is 95.6 cm³/mol. The molecule has 0 unspecified atom stereocenters. The molecule has 0 spiro atoms. The van der Waals surface area contributed by atoms with Gasteiger partial charge in [0.05, 0.1) is 31.4 Å². The first-order valence-corrected chi connectivity index (χ1v) is 8.38. The average molecular weight is 341 g/mol. The van der Waals surface area contributed by atoms with Crippen LogP contribution >= 0.6 is 0 Å². The number of aryl methyl sites for hydroxylation is 1. The molecule has 2 aromatic rings. The third kappa shape index (κ3) is 3.52. The number of carbonyl (C=O) groups excluding carboxylic acids is 1. The second kappa shape index (κ2) is 7.01. The summed E-state index contributed by atoms with van der Waals surface area (Å²) in [5, 5.41) is 0. The van der Waals surface area contributed by atoms with Crippen LogP contribution in [-0.2, 0) is 9.53 Å². The molecule has 0 aliphatic carbocycles. The fourth-order valence-electron chi connectivity index (χ4n) is 2.92. The summed E-state index contributed by atoms with van der Waals surface area (Å²) in [5.74, 6) is 0.998. The van der Waals surface area contributed by atoms with E-state index in [-0.39, 0.29) is 12.0 Å². The summed E-state index contributed by atoms with van der Waals surface area (Å²) in [7, 11) is 1.63. The summed E-state index contributed by atoms with van der Waals surface area (Å²) in [5.41, 5.74) is 2.68. The SMILES string of the molecule is CCN1C[C@H](C)O/C(=C\c2ccc(-n3cnc(C)c3)c(OC)c2)C1=O. The standard InChI is InChI=1S/C19H23N3O3/c1-5-21-11-14(3)25-18(19(21)23)9-15-6-7-16(17(8-15)24-4)22-10-13(2)20-12-22/h6-10,12,14H,5,11H2,1-4H3/b18-9-/t14-/m0/s1. The van der Waals surface area contributed by atoms with Crippen molar-refractivity contribution in [1.29, 1.82) is 0 Å². The minimum Gasteiger partial charge on any atom is -0.495 e. The molecule has 6 nitrogen and oxygen atoms in total. The van der Waals surface area contributed by atoms with Crippen LogP contribution in [-0.4, -0.2) is 46.7 Å². The Morgan fingerprint density at radius 3 is 2.88 bits per heavy atom. The maximum absolute atomic E-state index is 12.4. The van der Waals surface area contributed by atoms with Crippen molar-refractivity contribution in [3.63, 3.8) is 0 Å². The van der Waals surface area contributed by atoms with Crippen molar-refractivity contribution in [3.05, 3.63) is 47.7 Å². The zero-order valence-corrected chi connectivity index (χ0v) is 15.0. The minimum atomic E-state index is -0.0751. The van der Waals surface area contributed by atoms with Crippen LogP contribution in [0.15, 0.2) is 36.5 Å². The summed E-state index contributed by atoms with van der Waals surface area (Å²) in [6, 6.07) is 5.77. The number of aromatic nitrogens is 2. The van der Waals surface area contributed by atoms with Crippen LogP contribution < -0.4 is 4.74 Å². The lowest BCUT2D eigenvalue weighted by Gasteiger charge is -2.32. The van der Waals surface area contributed by atoms with E-state index in [0.29, 0.717) is 24.6 Å². The summed E-state index contributed by atoms with van der Waals surface area (Å²) in [6.07, 6.45) is 5.44. The van der Waals surface area contributed by atoms with E-state index in [1.807, 2.05) is 49.7 Å². The van der Waals surface area contributed by atoms with Gasteiger partial charge in [0.15, 0.2) is 5.76 Å². The van der Waals surface area contributed by atoms with Gasteiger partial charge in [-0.25, -0.2) is 4.98 Å². The van der Waals surface area contributed by atoms with Crippen molar-refractivity contribution in [2.45, 2.75) is 26.9 Å². The first kappa shape index (κ1) is 17.1. The molecule has 1 saturated heterocycles. The van der Waals surface area contributed by atoms with Gasteiger partial charge in [-0.3, -0.25) is 4.79 Å². The van der Waals surface area contributed by atoms with Crippen molar-refractivity contribution in [1.82, 2.24) is 14.5 Å². The maximum Gasteiger partial charge on any atom is 0.289 e. The van der Waals surface area contributed by atoms with Gasteiger partial charge >= 0.3 is 0 Å². The van der Waals surface area contributed by atoms with E-state index in [2.05, 4.69) is 4.98 Å². The number of carbonyl (C=O) groups is 1. The van der Waals surface area contributed by atoms with Gasteiger partial charge < -0.3 is 18.9 Å². The molecule has 132 valence electrons. The Balaban J connectivity index is 1.94. The van der Waals surface area contributed by atoms with Crippen LogP contribution in [0.25, 0.3) is 11.8 Å². The largest absolute Gasteiger partial charge is 0.495 e. The molecule has 6 heteroatoms. The Hall–Kier alpha value is -2.76. The number of morpholine rings is 1. The molecule has 25 heavy (non-hydrogen) atoms. The van der Waals surface area contributed by atoms with Gasteiger partial charge in [0.1, 0.15) is 11.9 Å². The molecule has 1 amide bonds. The number of rotatable bonds is 4. The maximum atomic E-state index is 12.4. The smallest absolute Gasteiger partial charge is 0.289 e. The number of hydrogen-bond acceptors (Lipinski definition) is 4. The van der Waals surface area contributed by atoms with Gasteiger partial charge in [-0.05, 0) is 44.5 Å². The van der Waals surface area contributed by atoms with E-state index in [0.717, 1.165) is 16.9 Å². The zero-order valence-electron chi connectivity index (χ0n) is 15.0. The first-order chi connectivity index (χ1) is 12.0. The molecular formula is C19H23N3O3. The highest BCUT2D eigenvalue weighted by Crippen LogP contribution is 2.27. The van der Waals surface area contributed by atoms with Gasteiger partial charge in [-0.2, -0.15) is 0 Å². The second-order valence-electron chi connectivity index (χ2n) is 6.13. The lowest BCUT2D eigenvalue weighted by Crippen LogP contribution is -2.43. The topological polar surface area (TPSA) is 56.6 Å². The Bertz CT molecular complexity index is 810. The molecular weight excluding hydrogens is 318 g/mol. The number of amides is 1. The zero-order chi connectivity index (χ0) is 18.0. The van der Waals surface area contributed by atoms with E-state index < -0.39 is 0 Å². The highest BCUT2D eigenvalue weighted by atomic mass is 16.5. The third-order valence-electron chi connectivity index (χ3n) is 4.18. The number of likely N-dealkylation sites (N-methyl/N-ethyl adjacent to an activating group) is 1. The van der Waals surface area contributed by atoms with Gasteiger partial charge in [0.2, 0.25) is 0 Å². The van der Waals surface area contributed by atoms with Crippen molar-refractivity contribution >= 4 is 12.0 Å². The fourth-order valence-corrected chi connectivity index (χ4v) is 2.92. The molecule has 3 rings (SSSR count). The molecule has 0 saturated carbocycles. The van der Waals surface area contributed by atoms with Gasteiger partial charge in [-0.15, -0.1) is 0 Å². The van der Waals surface area contributed by atoms with Crippen LogP contribution in [0.1, 0.15) is 25.1 Å². The van der Waals surface area contributed by atoms with E-state index >= 15 is 0 Å². The molecule has 0 radical (unpaired) electrons. The van der Waals surface area contributed by atoms with E-state index in [1.54, 1.807) is 24.4 Å². The summed E-state index contributed by atoms with van der Waals surface area (Å²) in [4.78, 5) is 18.5. The normalized spacial score (nSPS) is 19.2. The Morgan fingerprint density at radius 2 is 2.24 bits per heavy atom. The van der Waals surface area contributed by atoms with Crippen LogP contribution in [0.3, 0.4) is 0 Å². The Morgan fingerprint density at radius 1 is 1.44 bits per heavy atom. The van der Waals surface area contributed by atoms with E-state index in [9.17, 15) is 4.79 Å². The minimum absolute atomic E-state index is 0.0148. The average Bonchev–Trinajstić information content (AvgIpc) is 3.03. The van der Waals surface area contributed by atoms with Crippen molar-refractivity contribution in [2.24, 2.45) is 0 Å². The van der Waals surface area contributed by atoms with E-state index in [1.165, 1.54) is 0 Å². The van der Waals surface area contributed by atoms with Crippen LogP contribution in [0.5, 0.6) is 5.75 Å². The van der Waals surface area contributed by atoms with Crippen molar-refractivity contribution < 1.29 is 14.3 Å². The molecule has 1 aromatic heterocycles. The van der Waals surface area contributed by atoms with Crippen LogP contribution in [0.4, 0.5) is 0 Å². The molecule has 0 N–H and O–H groups in total. The number of nitrogens with zero attached hydrogens (tertiary/aromatic N) is 3. The van der Waals surface area contributed by atoms with Gasteiger partial charge in [0.25, 0.3) is 5.91 Å². The van der Waals surface area contributed by atoms with Crippen LogP contribution in [0.2, 0.25) is 0 Å². The van der Waals surface area contributed by atoms with Gasteiger partial charge in [-0.1, -0.05) is 6.07 Å². The number of imidazole rings is 1. The lowest BCUT2D eigenvalue weighted by atomic mass is 10.1. The number of methoxy groups -OCH3 is 1. The quantitative estimate of drug-likeness (QED) is 0.803. The van der Waals surface area contributed by atoms with Crippen LogP contribution in [0, 0.1) is 6.92 Å². The summed E-state index contributed by atoms with van der Waals surface area (Å²) < 4.78 is 13.2. The molecule has 1 fully saturated rings. The highest BCUT2D eigenvalue weighted by Gasteiger charge is 2.27. The van der Waals surface area contributed by atoms with Crippen molar-refractivity contribution in [2.75, 3.05) is 20.2 Å². The first-order valence-electron chi connectivity index (χ1n) is 8.38. The number of benzene rings is 1. The lowest BCUT2D eigenvalue weighted by molar-refractivity contribution is -0.138. The molecule has 1 aliphatic heterocycles. The second-order valence-corrected chi connectivity index (χ2v) is 6.13. The molecule has 0 bridgehead atoms. The molecule has 1 aromatic carbocycles. The molecule has 2 heterocycles. The van der Waals surface area contributed by atoms with Gasteiger partial charge in [0, 0.05) is 12.7 Å². The van der Waals surface area contributed by atoms with E-state index in [4.69, 9.17) is 9.47 Å². The summed E-state index contributed by atoms with van der Waals surface area (Å²) in [6.45, 7) is 7.17. The Labute approximate surface area is 147 Å². The van der Waals surface area contributed by atoms with Crippen molar-refractivity contribution in [3.8, 4) is 11.4 Å². The predicted octanol–water partition coefficient (Wildman–Crippen LogP) is 2.80. The fraction of sp³-hybridized carbons (Fsp3) is 0.368.